The Morgan fingerprint density at radius 2 is 1.94 bits per heavy atom. The molecule has 3 heterocycles. The Hall–Kier alpha value is -1.93. The summed E-state index contributed by atoms with van der Waals surface area (Å²) >= 11 is 8.20. The van der Waals surface area contributed by atoms with Crippen LogP contribution in [0.15, 0.2) is 53.6 Å². The fourth-order valence-electron chi connectivity index (χ4n) is 8.69. The summed E-state index contributed by atoms with van der Waals surface area (Å²) in [6, 6.07) is 6.69. The number of nitrogens with zero attached hydrogens (tertiary/aromatic N) is 3. The summed E-state index contributed by atoms with van der Waals surface area (Å²) < 4.78 is 9.82. The first kappa shape index (κ1) is 36.8. The lowest BCUT2D eigenvalue weighted by Gasteiger charge is -2.45. The van der Waals surface area contributed by atoms with Gasteiger partial charge < -0.3 is 14.5 Å². The number of nitrogens with one attached hydrogen (secondary N) is 1. The minimum absolute atomic E-state index is 0.0263. The molecule has 0 radical (unpaired) electrons. The summed E-state index contributed by atoms with van der Waals surface area (Å²) in [6.45, 7) is 19.9. The number of anilines is 1. The number of amides is 1. The second-order valence-electron chi connectivity index (χ2n) is 15.8. The molecule has 1 aromatic rings. The van der Waals surface area contributed by atoms with Gasteiger partial charge in [-0.1, -0.05) is 57.1 Å². The van der Waals surface area contributed by atoms with Gasteiger partial charge in [-0.2, -0.15) is 0 Å². The molecule has 2 bridgehead atoms. The number of hydrogen-bond acceptors (Lipinski definition) is 6. The molecule has 6 rings (SSSR count). The average Bonchev–Trinajstić information content (AvgIpc) is 3.42. The van der Waals surface area contributed by atoms with Crippen LogP contribution in [0.4, 0.5) is 5.69 Å². The van der Waals surface area contributed by atoms with Gasteiger partial charge in [-0.25, -0.2) is 0 Å². The van der Waals surface area contributed by atoms with E-state index in [1.807, 2.05) is 12.1 Å². The Morgan fingerprint density at radius 3 is 2.71 bits per heavy atom. The van der Waals surface area contributed by atoms with E-state index < -0.39 is 0 Å². The van der Waals surface area contributed by atoms with Gasteiger partial charge in [0.05, 0.1) is 17.7 Å². The summed E-state index contributed by atoms with van der Waals surface area (Å²) in [5.74, 6) is 3.41. The van der Waals surface area contributed by atoms with Crippen LogP contribution in [0, 0.1) is 29.6 Å². The number of rotatable bonds is 6. The van der Waals surface area contributed by atoms with Gasteiger partial charge in [0, 0.05) is 55.5 Å². The molecule has 7 unspecified atom stereocenters. The van der Waals surface area contributed by atoms with Gasteiger partial charge in [-0.3, -0.25) is 14.4 Å². The molecule has 7 atom stereocenters. The van der Waals surface area contributed by atoms with Crippen LogP contribution in [0.1, 0.15) is 89.9 Å². The molecule has 2 fully saturated rings. The van der Waals surface area contributed by atoms with E-state index in [-0.39, 0.29) is 17.2 Å². The van der Waals surface area contributed by atoms with Gasteiger partial charge in [-0.15, -0.1) is 11.6 Å². The fraction of sp³-hybridized carbons (Fsp3) is 0.683. The quantitative estimate of drug-likeness (QED) is 0.182. The zero-order valence-corrected chi connectivity index (χ0v) is 32.3. The predicted octanol–water partition coefficient (Wildman–Crippen LogP) is 8.59. The highest BCUT2D eigenvalue weighted by molar-refractivity contribution is 7.98. The van der Waals surface area contributed by atoms with Crippen LogP contribution in [-0.2, 0) is 0 Å². The third-order valence-corrected chi connectivity index (χ3v) is 13.5. The smallest absolute Gasteiger partial charge is 0.261 e. The summed E-state index contributed by atoms with van der Waals surface area (Å²) in [7, 11) is 0. The van der Waals surface area contributed by atoms with Crippen molar-refractivity contribution in [2.24, 2.45) is 29.6 Å². The van der Waals surface area contributed by atoms with E-state index in [0.29, 0.717) is 47.1 Å². The second kappa shape index (κ2) is 17.1. The van der Waals surface area contributed by atoms with Gasteiger partial charge in [0.15, 0.2) is 0 Å². The monoisotopic (exact) mass is 708 g/mol. The Kier molecular flexibility index (Phi) is 12.8. The van der Waals surface area contributed by atoms with Crippen LogP contribution in [0.25, 0.3) is 0 Å². The van der Waals surface area contributed by atoms with E-state index in [4.69, 9.17) is 16.3 Å². The van der Waals surface area contributed by atoms with Crippen LogP contribution >= 0.6 is 23.5 Å². The lowest BCUT2D eigenvalue weighted by Crippen LogP contribution is -2.45. The van der Waals surface area contributed by atoms with Crippen LogP contribution < -0.4 is 14.4 Å². The van der Waals surface area contributed by atoms with E-state index in [9.17, 15) is 4.79 Å². The Bertz CT molecular complexity index is 1380. The molecular weight excluding hydrogens is 648 g/mol. The molecule has 3 aliphatic heterocycles. The molecule has 1 saturated heterocycles. The largest absolute Gasteiger partial charge is 0.491 e. The third-order valence-electron chi connectivity index (χ3n) is 12.1. The summed E-state index contributed by atoms with van der Waals surface area (Å²) in [6.07, 6.45) is 17.5. The topological polar surface area (TPSA) is 48.1 Å². The van der Waals surface area contributed by atoms with Crippen molar-refractivity contribution in [3.63, 3.8) is 0 Å². The maximum atomic E-state index is 13.5. The van der Waals surface area contributed by atoms with Crippen LogP contribution in [0.3, 0.4) is 0 Å². The highest BCUT2D eigenvalue weighted by atomic mass is 35.5. The van der Waals surface area contributed by atoms with Crippen molar-refractivity contribution in [3.05, 3.63) is 59.2 Å². The number of carbonyl (C=O) groups is 1. The summed E-state index contributed by atoms with van der Waals surface area (Å²) in [5.41, 5.74) is 4.68. The van der Waals surface area contributed by atoms with E-state index in [2.05, 4.69) is 84.4 Å². The molecule has 1 N–H and O–H groups in total. The molecule has 0 spiro atoms. The number of fused-ring (bicyclic) bond motifs is 2. The minimum atomic E-state index is -0.0263. The first-order valence-corrected chi connectivity index (χ1v) is 20.7. The van der Waals surface area contributed by atoms with Crippen molar-refractivity contribution < 1.29 is 9.53 Å². The van der Waals surface area contributed by atoms with E-state index in [1.54, 1.807) is 11.9 Å². The van der Waals surface area contributed by atoms with Gasteiger partial charge in [0.25, 0.3) is 5.91 Å². The number of halogens is 1. The second-order valence-corrected chi connectivity index (χ2v) is 17.6. The lowest BCUT2D eigenvalue weighted by atomic mass is 9.66. The molecule has 6 nitrogen and oxygen atoms in total. The minimum Gasteiger partial charge on any atom is -0.491 e. The Morgan fingerprint density at radius 1 is 1.08 bits per heavy atom. The molecular formula is C41H61ClN4O2S. The molecule has 49 heavy (non-hydrogen) atoms. The van der Waals surface area contributed by atoms with E-state index >= 15 is 0 Å². The molecule has 0 aromatic heterocycles. The highest BCUT2D eigenvalue weighted by Crippen LogP contribution is 2.45. The van der Waals surface area contributed by atoms with Crippen molar-refractivity contribution in [2.75, 3.05) is 57.3 Å². The van der Waals surface area contributed by atoms with Crippen molar-refractivity contribution in [1.82, 2.24) is 14.5 Å². The van der Waals surface area contributed by atoms with Crippen molar-refractivity contribution >= 4 is 35.1 Å². The third kappa shape index (κ3) is 9.12. The first-order valence-electron chi connectivity index (χ1n) is 19.3. The highest BCUT2D eigenvalue weighted by Gasteiger charge is 2.39. The number of alkyl halides is 1. The number of allylic oxidation sites excluding steroid dienone is 4. The Labute approximate surface area is 306 Å². The molecule has 1 amide bonds. The van der Waals surface area contributed by atoms with Gasteiger partial charge in [0.2, 0.25) is 0 Å². The summed E-state index contributed by atoms with van der Waals surface area (Å²) in [5, 5.41) is 0.382. The predicted molar refractivity (Wildman–Crippen MR) is 208 cm³/mol. The zero-order valence-electron chi connectivity index (χ0n) is 30.7. The number of benzene rings is 1. The van der Waals surface area contributed by atoms with Gasteiger partial charge in [-0.05, 0) is 125 Å². The van der Waals surface area contributed by atoms with Crippen LogP contribution in [0.2, 0.25) is 0 Å². The first-order chi connectivity index (χ1) is 23.7. The molecule has 8 heteroatoms. The zero-order chi connectivity index (χ0) is 34.5. The SMILES string of the molecule is CCCC1=C(C2COc3ccc4cc3N(C2)CC2CCC2C(CN2CCCN(C(C)C)CC2)/C=C/CC(C)C(C)SNC4=O)C=CC(Cl)C1. The van der Waals surface area contributed by atoms with Gasteiger partial charge in [0.1, 0.15) is 5.75 Å². The van der Waals surface area contributed by atoms with Crippen molar-refractivity contribution in [2.45, 2.75) is 96.2 Å². The van der Waals surface area contributed by atoms with Crippen molar-refractivity contribution in [1.29, 1.82) is 0 Å². The average molecular weight is 709 g/mol. The lowest BCUT2D eigenvalue weighted by molar-refractivity contribution is 0.0983. The van der Waals surface area contributed by atoms with Gasteiger partial charge >= 0.3 is 0 Å². The Balaban J connectivity index is 1.31. The molecule has 2 aliphatic carbocycles. The standard InChI is InChI=1S/C41H61ClN4O2S/c1-6-9-31-22-36(42)14-16-37(31)35-26-46-25-34-12-15-38(34)33(24-44-18-8-19-45(21-20-44)28(2)3)11-7-10-29(4)30(5)49-43-41(47)32-13-17-40(48-27-35)39(46)23-32/h7,11,13-14,16-17,23,28-30,33-36,38H,6,8-10,12,15,18-22,24-27H2,1-5H3,(H,43,47)/b11-7+. The summed E-state index contributed by atoms with van der Waals surface area (Å²) in [4.78, 5) is 21.5. The van der Waals surface area contributed by atoms with Crippen molar-refractivity contribution in [3.8, 4) is 5.75 Å². The fourth-order valence-corrected chi connectivity index (χ4v) is 9.71. The van der Waals surface area contributed by atoms with E-state index in [0.717, 1.165) is 63.3 Å². The molecule has 270 valence electrons. The maximum absolute atomic E-state index is 13.5. The number of ether oxygens (including phenoxy) is 1. The maximum Gasteiger partial charge on any atom is 0.261 e. The van der Waals surface area contributed by atoms with Crippen LogP contribution in [0.5, 0.6) is 5.75 Å². The number of carbonyl (C=O) groups excluding carboxylic acids is 1. The molecule has 5 aliphatic rings. The molecule has 1 saturated carbocycles. The van der Waals surface area contributed by atoms with Crippen LogP contribution in [-0.4, -0.2) is 84.8 Å². The normalized spacial score (nSPS) is 32.8. The van der Waals surface area contributed by atoms with E-state index in [1.165, 1.54) is 50.0 Å². The molecule has 1 aromatic carbocycles. The number of hydrogen-bond donors (Lipinski definition) is 1.